The van der Waals surface area contributed by atoms with E-state index >= 15 is 0 Å². The van der Waals surface area contributed by atoms with Crippen LogP contribution in [0.4, 0.5) is 0 Å². The van der Waals surface area contributed by atoms with E-state index in [1.165, 1.54) is 4.68 Å². The summed E-state index contributed by atoms with van der Waals surface area (Å²) in [4.78, 5) is 12.0. The number of rotatable bonds is 3. The first kappa shape index (κ1) is 13.1. The summed E-state index contributed by atoms with van der Waals surface area (Å²) in [5, 5.41) is 4.28. The summed E-state index contributed by atoms with van der Waals surface area (Å²) in [6.07, 6.45) is 0. The number of hydrogen-bond donors (Lipinski definition) is 0. The predicted molar refractivity (Wildman–Crippen MR) is 72.4 cm³/mol. The van der Waals surface area contributed by atoms with Crippen molar-refractivity contribution in [1.82, 2.24) is 9.78 Å². The van der Waals surface area contributed by atoms with Gasteiger partial charge in [0, 0.05) is 12.1 Å². The van der Waals surface area contributed by atoms with Crippen LogP contribution in [-0.2, 0) is 0 Å². The first-order valence-corrected chi connectivity index (χ1v) is 5.87. The van der Waals surface area contributed by atoms with Crippen molar-refractivity contribution in [3.8, 4) is 17.2 Å². The fourth-order valence-electron chi connectivity index (χ4n) is 1.77. The van der Waals surface area contributed by atoms with Crippen molar-refractivity contribution < 1.29 is 9.47 Å². The average molecular weight is 260 g/mol. The molecule has 0 aliphatic carbocycles. The van der Waals surface area contributed by atoms with Crippen molar-refractivity contribution in [2.75, 3.05) is 14.2 Å². The highest BCUT2D eigenvalue weighted by molar-refractivity contribution is 5.48. The van der Waals surface area contributed by atoms with Crippen LogP contribution in [0.2, 0.25) is 0 Å². The molecular weight excluding hydrogens is 244 g/mol. The Labute approximate surface area is 111 Å². The smallest absolute Gasteiger partial charge is 0.271 e. The molecule has 0 atom stereocenters. The maximum atomic E-state index is 12.0. The van der Waals surface area contributed by atoms with Crippen LogP contribution in [-0.4, -0.2) is 24.0 Å². The third kappa shape index (κ3) is 2.45. The van der Waals surface area contributed by atoms with E-state index < -0.39 is 0 Å². The number of benzene rings is 1. The Morgan fingerprint density at radius 3 is 2.37 bits per heavy atom. The Morgan fingerprint density at radius 2 is 1.74 bits per heavy atom. The largest absolute Gasteiger partial charge is 0.493 e. The molecule has 0 aliphatic rings. The van der Waals surface area contributed by atoms with Gasteiger partial charge < -0.3 is 9.47 Å². The second-order valence-electron chi connectivity index (χ2n) is 4.20. The van der Waals surface area contributed by atoms with Gasteiger partial charge in [-0.3, -0.25) is 4.79 Å². The molecule has 19 heavy (non-hydrogen) atoms. The number of ether oxygens (including phenoxy) is 2. The Morgan fingerprint density at radius 1 is 1.05 bits per heavy atom. The number of aromatic nitrogens is 2. The van der Waals surface area contributed by atoms with Gasteiger partial charge in [-0.1, -0.05) is 0 Å². The second kappa shape index (κ2) is 5.14. The highest BCUT2D eigenvalue weighted by atomic mass is 16.5. The molecule has 0 amide bonds. The van der Waals surface area contributed by atoms with Crippen molar-refractivity contribution in [1.29, 1.82) is 0 Å². The molecule has 2 aromatic rings. The molecule has 0 N–H and O–H groups in total. The second-order valence-corrected chi connectivity index (χ2v) is 4.20. The maximum absolute atomic E-state index is 12.0. The zero-order valence-electron chi connectivity index (χ0n) is 11.4. The third-order valence-electron chi connectivity index (χ3n) is 2.98. The van der Waals surface area contributed by atoms with Gasteiger partial charge in [0.2, 0.25) is 0 Å². The summed E-state index contributed by atoms with van der Waals surface area (Å²) in [5.74, 6) is 1.18. The lowest BCUT2D eigenvalue weighted by Gasteiger charge is -2.11. The van der Waals surface area contributed by atoms with Gasteiger partial charge in [0.25, 0.3) is 5.56 Å². The lowest BCUT2D eigenvalue weighted by molar-refractivity contribution is 0.354. The Hall–Kier alpha value is -2.30. The fraction of sp³-hybridized carbons (Fsp3) is 0.286. The summed E-state index contributed by atoms with van der Waals surface area (Å²) in [7, 11) is 3.12. The van der Waals surface area contributed by atoms with Gasteiger partial charge in [-0.05, 0) is 31.5 Å². The standard InChI is InChI=1S/C14H16N2O3/c1-9-7-14(17)16(15-10(9)2)11-5-6-12(18-3)13(8-11)19-4/h5-8H,1-4H3. The van der Waals surface area contributed by atoms with Crippen LogP contribution < -0.4 is 15.0 Å². The van der Waals surface area contributed by atoms with Gasteiger partial charge in [0.1, 0.15) is 0 Å². The average Bonchev–Trinajstić information content (AvgIpc) is 2.42. The van der Waals surface area contributed by atoms with Crippen LogP contribution in [0.1, 0.15) is 11.3 Å². The lowest BCUT2D eigenvalue weighted by Crippen LogP contribution is -2.21. The van der Waals surface area contributed by atoms with Gasteiger partial charge in [-0.25, -0.2) is 0 Å². The van der Waals surface area contributed by atoms with Crippen molar-refractivity contribution in [3.63, 3.8) is 0 Å². The van der Waals surface area contributed by atoms with Crippen molar-refractivity contribution in [2.45, 2.75) is 13.8 Å². The van der Waals surface area contributed by atoms with E-state index in [4.69, 9.17) is 9.47 Å². The minimum atomic E-state index is -0.171. The van der Waals surface area contributed by atoms with Crippen LogP contribution in [0.15, 0.2) is 29.1 Å². The first-order valence-electron chi connectivity index (χ1n) is 5.87. The quantitative estimate of drug-likeness (QED) is 0.845. The summed E-state index contributed by atoms with van der Waals surface area (Å²) in [6, 6.07) is 6.81. The molecule has 5 heteroatoms. The highest BCUT2D eigenvalue weighted by Crippen LogP contribution is 2.28. The van der Waals surface area contributed by atoms with Gasteiger partial charge >= 0.3 is 0 Å². The normalized spacial score (nSPS) is 10.3. The molecule has 0 aliphatic heterocycles. The molecular formula is C14H16N2O3. The number of methoxy groups -OCH3 is 2. The van der Waals surface area contributed by atoms with Crippen LogP contribution in [0.5, 0.6) is 11.5 Å². The molecule has 5 nitrogen and oxygen atoms in total. The van der Waals surface area contributed by atoms with Crippen LogP contribution in [0, 0.1) is 13.8 Å². The van der Waals surface area contributed by atoms with E-state index in [0.717, 1.165) is 11.3 Å². The third-order valence-corrected chi connectivity index (χ3v) is 2.98. The zero-order valence-corrected chi connectivity index (χ0v) is 11.4. The SMILES string of the molecule is COc1ccc(-n2nc(C)c(C)cc2=O)cc1OC. The van der Waals surface area contributed by atoms with E-state index in [0.29, 0.717) is 17.2 Å². The molecule has 1 aromatic carbocycles. The molecule has 0 saturated heterocycles. The molecule has 0 radical (unpaired) electrons. The summed E-state index contributed by atoms with van der Waals surface area (Å²) in [5.41, 5.74) is 2.16. The van der Waals surface area contributed by atoms with Crippen molar-refractivity contribution in [2.24, 2.45) is 0 Å². The lowest BCUT2D eigenvalue weighted by atomic mass is 10.2. The maximum Gasteiger partial charge on any atom is 0.271 e. The molecule has 0 fully saturated rings. The zero-order chi connectivity index (χ0) is 14.0. The molecule has 1 aromatic heterocycles. The molecule has 0 saturated carbocycles. The molecule has 2 rings (SSSR count). The Bertz CT molecular complexity index is 662. The molecule has 100 valence electrons. The van der Waals surface area contributed by atoms with Gasteiger partial charge in [-0.2, -0.15) is 9.78 Å². The van der Waals surface area contributed by atoms with Crippen molar-refractivity contribution in [3.05, 3.63) is 45.9 Å². The van der Waals surface area contributed by atoms with Crippen LogP contribution >= 0.6 is 0 Å². The van der Waals surface area contributed by atoms with E-state index in [1.807, 2.05) is 13.8 Å². The van der Waals surface area contributed by atoms with Gasteiger partial charge in [0.15, 0.2) is 11.5 Å². The molecule has 0 bridgehead atoms. The first-order chi connectivity index (χ1) is 9.06. The van der Waals surface area contributed by atoms with E-state index in [2.05, 4.69) is 5.10 Å². The summed E-state index contributed by atoms with van der Waals surface area (Å²) in [6.45, 7) is 3.73. The molecule has 0 spiro atoms. The highest BCUT2D eigenvalue weighted by Gasteiger charge is 2.09. The van der Waals surface area contributed by atoms with Gasteiger partial charge in [-0.15, -0.1) is 0 Å². The minimum absolute atomic E-state index is 0.171. The summed E-state index contributed by atoms with van der Waals surface area (Å²) < 4.78 is 11.7. The molecule has 1 heterocycles. The fourth-order valence-corrected chi connectivity index (χ4v) is 1.77. The van der Waals surface area contributed by atoms with Crippen LogP contribution in [0.25, 0.3) is 5.69 Å². The Balaban J connectivity index is 2.59. The Kier molecular flexibility index (Phi) is 3.55. The van der Waals surface area contributed by atoms with E-state index in [1.54, 1.807) is 38.5 Å². The van der Waals surface area contributed by atoms with Crippen LogP contribution in [0.3, 0.4) is 0 Å². The van der Waals surface area contributed by atoms with E-state index in [9.17, 15) is 4.79 Å². The summed E-state index contributed by atoms with van der Waals surface area (Å²) >= 11 is 0. The number of hydrogen-bond acceptors (Lipinski definition) is 4. The molecule has 0 unspecified atom stereocenters. The number of aryl methyl sites for hydroxylation is 2. The number of nitrogens with zero attached hydrogens (tertiary/aromatic N) is 2. The predicted octanol–water partition coefficient (Wildman–Crippen LogP) is 1.87. The van der Waals surface area contributed by atoms with Gasteiger partial charge in [0.05, 0.1) is 25.6 Å². The van der Waals surface area contributed by atoms with E-state index in [-0.39, 0.29) is 5.56 Å². The topological polar surface area (TPSA) is 53.4 Å². The van der Waals surface area contributed by atoms with Crippen molar-refractivity contribution >= 4 is 0 Å². The minimum Gasteiger partial charge on any atom is -0.493 e. The monoisotopic (exact) mass is 260 g/mol.